The van der Waals surface area contributed by atoms with Crippen LogP contribution in [0.5, 0.6) is 0 Å². The van der Waals surface area contributed by atoms with Crippen molar-refractivity contribution < 1.29 is 20.1 Å². The average molecular weight is 294 g/mol. The maximum atomic E-state index is 10.7. The molecule has 1 unspecified atom stereocenters. The zero-order chi connectivity index (χ0) is 15.2. The fraction of sp³-hybridized carbons (Fsp3) is 0.538. The second-order valence-corrected chi connectivity index (χ2v) is 5.22. The first-order valence-corrected chi connectivity index (χ1v) is 6.76. The van der Waals surface area contributed by atoms with Gasteiger partial charge >= 0.3 is 0 Å². The molecular formula is C13H18N4O4. The van der Waals surface area contributed by atoms with Gasteiger partial charge in [-0.25, -0.2) is 9.97 Å². The van der Waals surface area contributed by atoms with Gasteiger partial charge in [0.25, 0.3) is 0 Å². The second kappa shape index (κ2) is 4.92. The number of nitrogens with zero attached hydrogens (tertiary/aromatic N) is 3. The Labute approximate surface area is 120 Å². The zero-order valence-corrected chi connectivity index (χ0v) is 11.5. The summed E-state index contributed by atoms with van der Waals surface area (Å²) in [6.07, 6.45) is 0.365. The molecule has 0 aliphatic carbocycles. The first kappa shape index (κ1) is 14.2. The molecule has 0 aromatic carbocycles. The fourth-order valence-electron chi connectivity index (χ4n) is 2.84. The second-order valence-electron chi connectivity index (χ2n) is 5.22. The fourth-order valence-corrected chi connectivity index (χ4v) is 2.84. The van der Waals surface area contributed by atoms with Crippen molar-refractivity contribution in [3.05, 3.63) is 18.6 Å². The Balaban J connectivity index is 2.11. The lowest BCUT2D eigenvalue weighted by Crippen LogP contribution is -2.46. The number of nitrogen functional groups attached to an aromatic ring is 1. The quantitative estimate of drug-likeness (QED) is 0.595. The third kappa shape index (κ3) is 1.91. The maximum absolute atomic E-state index is 10.7. The molecule has 8 heteroatoms. The van der Waals surface area contributed by atoms with Crippen LogP contribution in [0.4, 0.5) is 5.82 Å². The molecule has 0 amide bonds. The van der Waals surface area contributed by atoms with Crippen molar-refractivity contribution in [3.63, 3.8) is 0 Å². The Morgan fingerprint density at radius 1 is 1.48 bits per heavy atom. The first-order chi connectivity index (χ1) is 10.0. The van der Waals surface area contributed by atoms with Crippen LogP contribution in [0.15, 0.2) is 18.6 Å². The van der Waals surface area contributed by atoms with E-state index < -0.39 is 24.0 Å². The summed E-state index contributed by atoms with van der Waals surface area (Å²) < 4.78 is 7.24. The number of anilines is 1. The summed E-state index contributed by atoms with van der Waals surface area (Å²) in [5.41, 5.74) is 4.78. The van der Waals surface area contributed by atoms with Crippen LogP contribution >= 0.6 is 0 Å². The van der Waals surface area contributed by atoms with Gasteiger partial charge in [-0.05, 0) is 12.5 Å². The summed E-state index contributed by atoms with van der Waals surface area (Å²) >= 11 is 0. The topological polar surface area (TPSA) is 127 Å². The highest BCUT2D eigenvalue weighted by Crippen LogP contribution is 2.42. The minimum absolute atomic E-state index is 0.259. The highest BCUT2D eigenvalue weighted by atomic mass is 16.6. The third-order valence-corrected chi connectivity index (χ3v) is 4.13. The van der Waals surface area contributed by atoms with Gasteiger partial charge < -0.3 is 30.4 Å². The molecule has 3 rings (SSSR count). The smallest absolute Gasteiger partial charge is 0.167 e. The van der Waals surface area contributed by atoms with Gasteiger partial charge in [0, 0.05) is 6.20 Å². The number of aromatic nitrogens is 3. The molecule has 114 valence electrons. The molecule has 2 aromatic heterocycles. The van der Waals surface area contributed by atoms with Crippen molar-refractivity contribution in [1.82, 2.24) is 14.5 Å². The molecule has 2 aromatic rings. The number of hydrogen-bond donors (Lipinski definition) is 4. The maximum Gasteiger partial charge on any atom is 0.167 e. The first-order valence-electron chi connectivity index (χ1n) is 6.76. The molecule has 1 saturated heterocycles. The summed E-state index contributed by atoms with van der Waals surface area (Å²) in [4.78, 5) is 8.07. The Bertz CT molecular complexity index is 661. The SMILES string of the molecule is CCC1(O)[C@@H](O)[C@@H](CO)O[C@H]1n1ccc2c(N)ncnc21. The molecule has 21 heavy (non-hydrogen) atoms. The highest BCUT2D eigenvalue weighted by molar-refractivity contribution is 5.86. The van der Waals surface area contributed by atoms with Gasteiger partial charge in [0.05, 0.1) is 12.0 Å². The summed E-state index contributed by atoms with van der Waals surface area (Å²) in [5, 5.41) is 30.9. The average Bonchev–Trinajstić information content (AvgIpc) is 3.01. The van der Waals surface area contributed by atoms with Crippen LogP contribution < -0.4 is 5.73 Å². The van der Waals surface area contributed by atoms with Crippen molar-refractivity contribution in [2.75, 3.05) is 12.3 Å². The Morgan fingerprint density at radius 3 is 2.90 bits per heavy atom. The third-order valence-electron chi connectivity index (χ3n) is 4.13. The Kier molecular flexibility index (Phi) is 3.33. The summed E-state index contributed by atoms with van der Waals surface area (Å²) in [5.74, 6) is 0.330. The molecule has 0 bridgehead atoms. The zero-order valence-electron chi connectivity index (χ0n) is 11.5. The molecule has 0 radical (unpaired) electrons. The summed E-state index contributed by atoms with van der Waals surface area (Å²) in [6, 6.07) is 1.72. The summed E-state index contributed by atoms with van der Waals surface area (Å²) in [6.45, 7) is 1.37. The van der Waals surface area contributed by atoms with Gasteiger partial charge in [-0.2, -0.15) is 0 Å². The molecule has 4 atom stereocenters. The van der Waals surface area contributed by atoms with Crippen LogP contribution in [0.1, 0.15) is 19.6 Å². The van der Waals surface area contributed by atoms with E-state index in [1.807, 2.05) is 0 Å². The number of rotatable bonds is 3. The van der Waals surface area contributed by atoms with Gasteiger partial charge in [0.1, 0.15) is 35.6 Å². The van der Waals surface area contributed by atoms with E-state index in [0.29, 0.717) is 16.9 Å². The van der Waals surface area contributed by atoms with Gasteiger partial charge in [0.15, 0.2) is 6.23 Å². The monoisotopic (exact) mass is 294 g/mol. The van der Waals surface area contributed by atoms with Crippen molar-refractivity contribution in [1.29, 1.82) is 0 Å². The van der Waals surface area contributed by atoms with E-state index in [9.17, 15) is 15.3 Å². The van der Waals surface area contributed by atoms with E-state index in [1.54, 1.807) is 23.8 Å². The van der Waals surface area contributed by atoms with Gasteiger partial charge in [0.2, 0.25) is 0 Å². The predicted octanol–water partition coefficient (Wildman–Crippen LogP) is -0.595. The van der Waals surface area contributed by atoms with E-state index in [2.05, 4.69) is 9.97 Å². The van der Waals surface area contributed by atoms with Gasteiger partial charge in [-0.1, -0.05) is 6.92 Å². The molecule has 0 spiro atoms. The van der Waals surface area contributed by atoms with E-state index in [4.69, 9.17) is 10.5 Å². The minimum Gasteiger partial charge on any atom is -0.394 e. The molecule has 8 nitrogen and oxygen atoms in total. The number of nitrogens with two attached hydrogens (primary N) is 1. The van der Waals surface area contributed by atoms with Crippen LogP contribution in [0.3, 0.4) is 0 Å². The molecule has 3 heterocycles. The number of hydrogen-bond acceptors (Lipinski definition) is 7. The molecule has 1 aliphatic rings. The number of ether oxygens (including phenoxy) is 1. The molecular weight excluding hydrogens is 276 g/mol. The summed E-state index contributed by atoms with van der Waals surface area (Å²) in [7, 11) is 0. The molecule has 1 fully saturated rings. The van der Waals surface area contributed by atoms with Crippen LogP contribution in [0.2, 0.25) is 0 Å². The van der Waals surface area contributed by atoms with Crippen LogP contribution in [0.25, 0.3) is 11.0 Å². The highest BCUT2D eigenvalue weighted by Gasteiger charge is 2.55. The van der Waals surface area contributed by atoms with Crippen molar-refractivity contribution in [2.24, 2.45) is 0 Å². The lowest BCUT2D eigenvalue weighted by molar-refractivity contribution is -0.109. The van der Waals surface area contributed by atoms with Crippen LogP contribution in [0, 0.1) is 0 Å². The number of aliphatic hydroxyl groups excluding tert-OH is 2. The predicted molar refractivity (Wildman–Crippen MR) is 74.2 cm³/mol. The Hall–Kier alpha value is -1.74. The molecule has 5 N–H and O–H groups in total. The lowest BCUT2D eigenvalue weighted by atomic mass is 9.91. The normalized spacial score (nSPS) is 32.9. The van der Waals surface area contributed by atoms with Crippen LogP contribution in [-0.4, -0.2) is 54.3 Å². The van der Waals surface area contributed by atoms with Crippen molar-refractivity contribution >= 4 is 16.9 Å². The van der Waals surface area contributed by atoms with E-state index in [-0.39, 0.29) is 13.0 Å². The van der Waals surface area contributed by atoms with E-state index in [1.165, 1.54) is 6.33 Å². The number of fused-ring (bicyclic) bond motifs is 1. The molecule has 1 aliphatic heterocycles. The van der Waals surface area contributed by atoms with E-state index >= 15 is 0 Å². The van der Waals surface area contributed by atoms with Gasteiger partial charge in [-0.3, -0.25) is 0 Å². The lowest BCUT2D eigenvalue weighted by Gasteiger charge is -2.30. The largest absolute Gasteiger partial charge is 0.394 e. The van der Waals surface area contributed by atoms with Crippen molar-refractivity contribution in [2.45, 2.75) is 37.4 Å². The number of aliphatic hydroxyl groups is 3. The van der Waals surface area contributed by atoms with E-state index in [0.717, 1.165) is 0 Å². The van der Waals surface area contributed by atoms with Crippen LogP contribution in [-0.2, 0) is 4.74 Å². The van der Waals surface area contributed by atoms with Gasteiger partial charge in [-0.15, -0.1) is 0 Å². The van der Waals surface area contributed by atoms with Crippen molar-refractivity contribution in [3.8, 4) is 0 Å². The minimum atomic E-state index is -1.51. The molecule has 0 saturated carbocycles. The Morgan fingerprint density at radius 2 is 2.24 bits per heavy atom. The standard InChI is InChI=1S/C13H18N4O4/c1-2-13(20)9(19)8(5-18)21-12(13)17-4-3-7-10(14)15-6-16-11(7)17/h3-4,6,8-9,12,18-20H,2,5H2,1H3,(H2,14,15,16)/t8-,9+,12-,13?/m1/s1.